The number of aromatic nitrogens is 3. The number of amides is 1. The van der Waals surface area contributed by atoms with Crippen molar-refractivity contribution in [2.75, 3.05) is 17.8 Å². The molecule has 0 unspecified atom stereocenters. The van der Waals surface area contributed by atoms with Gasteiger partial charge in [0.1, 0.15) is 11.4 Å². The molecule has 1 fully saturated rings. The van der Waals surface area contributed by atoms with E-state index in [4.69, 9.17) is 4.74 Å². The van der Waals surface area contributed by atoms with Crippen LogP contribution in [0.4, 0.5) is 5.69 Å². The number of fused-ring (bicyclic) bond motifs is 2. The van der Waals surface area contributed by atoms with Crippen LogP contribution < -0.4 is 9.64 Å². The third-order valence-corrected chi connectivity index (χ3v) is 10.0. The molecule has 200 valence electrons. The van der Waals surface area contributed by atoms with E-state index < -0.39 is 15.3 Å². The number of rotatable bonds is 7. The van der Waals surface area contributed by atoms with Crippen LogP contribution in [-0.2, 0) is 26.6 Å². The third kappa shape index (κ3) is 4.08. The van der Waals surface area contributed by atoms with Crippen LogP contribution in [0, 0.1) is 0 Å². The van der Waals surface area contributed by atoms with Crippen molar-refractivity contribution in [1.82, 2.24) is 15.0 Å². The summed E-state index contributed by atoms with van der Waals surface area (Å²) in [5, 5.41) is 8.32. The van der Waals surface area contributed by atoms with E-state index in [0.717, 1.165) is 46.3 Å². The van der Waals surface area contributed by atoms with Crippen LogP contribution in [0.3, 0.4) is 0 Å². The fraction of sp³-hybridized carbons (Fsp3) is 0.276. The van der Waals surface area contributed by atoms with Gasteiger partial charge in [-0.05, 0) is 76.3 Å². The van der Waals surface area contributed by atoms with E-state index in [0.29, 0.717) is 23.5 Å². The van der Waals surface area contributed by atoms with Gasteiger partial charge in [0.05, 0.1) is 36.2 Å². The van der Waals surface area contributed by atoms with E-state index in [-0.39, 0.29) is 16.7 Å². The molecule has 0 bridgehead atoms. The summed E-state index contributed by atoms with van der Waals surface area (Å²) in [6.07, 6.45) is 2.47. The van der Waals surface area contributed by atoms with Crippen molar-refractivity contribution >= 4 is 37.4 Å². The number of halogens is 1. The Bertz CT molecular complexity index is 1680. The zero-order chi connectivity index (χ0) is 27.4. The second-order valence-corrected chi connectivity index (χ2v) is 13.0. The molecule has 0 radical (unpaired) electrons. The Morgan fingerprint density at radius 2 is 1.77 bits per heavy atom. The molecule has 4 aromatic rings. The zero-order valence-corrected chi connectivity index (χ0v) is 24.0. The average Bonchev–Trinajstić information content (AvgIpc) is 3.48. The van der Waals surface area contributed by atoms with Gasteiger partial charge in [0.2, 0.25) is 10.9 Å². The summed E-state index contributed by atoms with van der Waals surface area (Å²) >= 11 is 3.75. The summed E-state index contributed by atoms with van der Waals surface area (Å²) in [7, 11) is -2.05. The van der Waals surface area contributed by atoms with Crippen LogP contribution >= 0.6 is 15.9 Å². The molecule has 1 aliphatic heterocycles. The monoisotopic (exact) mass is 606 g/mol. The van der Waals surface area contributed by atoms with Crippen molar-refractivity contribution < 1.29 is 17.9 Å². The molecular weight excluding hydrogens is 580 g/mol. The number of ether oxygens (including phenoxy) is 1. The first-order chi connectivity index (χ1) is 18.8. The standard InChI is InChI=1S/C29H27BrN4O4S/c1-3-39(36,37)27-25(34(32-31-27)21-8-5-4-6-9-21)20-16-23-26(24(30)17-20)33(28(35)29(23)14-7-15-29)18-19-10-12-22(38-2)13-11-19/h4-6,8-13,16-17H,3,7,14-15,18H2,1-2H3. The highest BCUT2D eigenvalue weighted by Crippen LogP contribution is 2.56. The van der Waals surface area contributed by atoms with Crippen LogP contribution in [0.5, 0.6) is 5.75 Å². The summed E-state index contributed by atoms with van der Waals surface area (Å²) in [5.41, 5.74) is 3.86. The van der Waals surface area contributed by atoms with Gasteiger partial charge >= 0.3 is 0 Å². The van der Waals surface area contributed by atoms with Crippen LogP contribution in [0.2, 0.25) is 0 Å². The van der Waals surface area contributed by atoms with Gasteiger partial charge in [0, 0.05) is 10.0 Å². The maximum Gasteiger partial charge on any atom is 0.238 e. The first kappa shape index (κ1) is 25.8. The Morgan fingerprint density at radius 1 is 1.05 bits per heavy atom. The molecule has 3 aromatic carbocycles. The summed E-state index contributed by atoms with van der Waals surface area (Å²) in [4.78, 5) is 15.8. The predicted molar refractivity (Wildman–Crippen MR) is 152 cm³/mol. The Kier molecular flexibility index (Phi) is 6.34. The Hall–Kier alpha value is -3.50. The third-order valence-electron chi connectivity index (χ3n) is 7.80. The maximum atomic E-state index is 14.0. The van der Waals surface area contributed by atoms with Crippen LogP contribution in [0.15, 0.2) is 76.2 Å². The smallest absolute Gasteiger partial charge is 0.238 e. The molecule has 10 heteroatoms. The lowest BCUT2D eigenvalue weighted by molar-refractivity contribution is -0.126. The molecule has 39 heavy (non-hydrogen) atoms. The van der Waals surface area contributed by atoms with Crippen molar-refractivity contribution in [3.63, 3.8) is 0 Å². The second-order valence-electron chi connectivity index (χ2n) is 9.92. The number of carbonyl (C=O) groups is 1. The molecule has 0 saturated heterocycles. The molecule has 1 spiro atoms. The normalized spacial score (nSPS) is 15.9. The molecule has 1 amide bonds. The fourth-order valence-corrected chi connectivity index (χ4v) is 7.15. The minimum absolute atomic E-state index is 0.0669. The summed E-state index contributed by atoms with van der Waals surface area (Å²) in [6.45, 7) is 2.02. The van der Waals surface area contributed by atoms with Gasteiger partial charge in [0.15, 0.2) is 9.84 Å². The topological polar surface area (TPSA) is 94.4 Å². The minimum atomic E-state index is -3.68. The lowest BCUT2D eigenvalue weighted by Crippen LogP contribution is -2.44. The van der Waals surface area contributed by atoms with E-state index in [2.05, 4.69) is 26.2 Å². The van der Waals surface area contributed by atoms with E-state index in [1.165, 1.54) is 0 Å². The SMILES string of the molecule is CCS(=O)(=O)c1nnn(-c2ccccc2)c1-c1cc(Br)c2c(c1)C1(CCC1)C(=O)N2Cc1ccc(OC)cc1. The lowest BCUT2D eigenvalue weighted by Gasteiger charge is -2.37. The van der Waals surface area contributed by atoms with Crippen molar-refractivity contribution in [3.05, 3.63) is 82.3 Å². The number of para-hydroxylation sites is 1. The first-order valence-electron chi connectivity index (χ1n) is 12.8. The van der Waals surface area contributed by atoms with Crippen molar-refractivity contribution in [2.45, 2.75) is 43.2 Å². The Balaban J connectivity index is 1.52. The van der Waals surface area contributed by atoms with E-state index in [9.17, 15) is 13.2 Å². The number of hydrogen-bond donors (Lipinski definition) is 0. The quantitative estimate of drug-likeness (QED) is 0.277. The number of hydrogen-bond acceptors (Lipinski definition) is 6. The van der Waals surface area contributed by atoms with E-state index >= 15 is 0 Å². The maximum absolute atomic E-state index is 14.0. The molecule has 1 aliphatic carbocycles. The zero-order valence-electron chi connectivity index (χ0n) is 21.6. The molecule has 1 aromatic heterocycles. The van der Waals surface area contributed by atoms with Crippen LogP contribution in [0.1, 0.15) is 37.3 Å². The van der Waals surface area contributed by atoms with Crippen molar-refractivity contribution in [3.8, 4) is 22.7 Å². The van der Waals surface area contributed by atoms with Crippen LogP contribution in [0.25, 0.3) is 16.9 Å². The van der Waals surface area contributed by atoms with Gasteiger partial charge in [-0.25, -0.2) is 13.1 Å². The first-order valence-corrected chi connectivity index (χ1v) is 15.3. The molecule has 2 heterocycles. The number of methoxy groups -OCH3 is 1. The highest BCUT2D eigenvalue weighted by Gasteiger charge is 2.55. The number of nitrogens with zero attached hydrogens (tertiary/aromatic N) is 4. The van der Waals surface area contributed by atoms with Gasteiger partial charge in [-0.15, -0.1) is 5.10 Å². The summed E-state index contributed by atoms with van der Waals surface area (Å²) in [5.74, 6) is 0.737. The van der Waals surface area contributed by atoms with Gasteiger partial charge in [-0.3, -0.25) is 4.79 Å². The summed E-state index contributed by atoms with van der Waals surface area (Å²) in [6, 6.07) is 20.9. The number of anilines is 1. The fourth-order valence-electron chi connectivity index (χ4n) is 5.54. The van der Waals surface area contributed by atoms with Crippen LogP contribution in [-0.4, -0.2) is 42.2 Å². The molecule has 1 saturated carbocycles. The predicted octanol–water partition coefficient (Wildman–Crippen LogP) is 5.47. The lowest BCUT2D eigenvalue weighted by atomic mass is 9.65. The highest BCUT2D eigenvalue weighted by molar-refractivity contribution is 9.10. The molecule has 0 N–H and O–H groups in total. The number of benzene rings is 3. The van der Waals surface area contributed by atoms with E-state index in [1.54, 1.807) is 18.7 Å². The summed E-state index contributed by atoms with van der Waals surface area (Å²) < 4.78 is 33.8. The number of sulfone groups is 1. The van der Waals surface area contributed by atoms with Gasteiger partial charge in [-0.2, -0.15) is 0 Å². The minimum Gasteiger partial charge on any atom is -0.497 e. The Morgan fingerprint density at radius 3 is 2.38 bits per heavy atom. The largest absolute Gasteiger partial charge is 0.497 e. The number of carbonyl (C=O) groups excluding carboxylic acids is 1. The van der Waals surface area contributed by atoms with Crippen molar-refractivity contribution in [2.24, 2.45) is 0 Å². The molecular formula is C29H27BrN4O4S. The highest BCUT2D eigenvalue weighted by atomic mass is 79.9. The van der Waals surface area contributed by atoms with Gasteiger partial charge in [-0.1, -0.05) is 48.9 Å². The van der Waals surface area contributed by atoms with Gasteiger partial charge in [0.25, 0.3) is 0 Å². The Labute approximate surface area is 235 Å². The average molecular weight is 608 g/mol. The van der Waals surface area contributed by atoms with E-state index in [1.807, 2.05) is 71.6 Å². The van der Waals surface area contributed by atoms with Crippen molar-refractivity contribution in [1.29, 1.82) is 0 Å². The molecule has 0 atom stereocenters. The second kappa shape index (κ2) is 9.60. The molecule has 8 nitrogen and oxygen atoms in total. The van der Waals surface area contributed by atoms with Gasteiger partial charge < -0.3 is 9.64 Å². The molecule has 2 aliphatic rings. The molecule has 6 rings (SSSR count).